The lowest BCUT2D eigenvalue weighted by molar-refractivity contribution is -0.122. The van der Waals surface area contributed by atoms with Crippen molar-refractivity contribution < 1.29 is 9.53 Å². The highest BCUT2D eigenvalue weighted by atomic mass is 16.5. The maximum atomic E-state index is 12.0. The second kappa shape index (κ2) is 6.75. The topological polar surface area (TPSA) is 38.3 Å². The van der Waals surface area contributed by atoms with Crippen LogP contribution in [0.2, 0.25) is 0 Å². The number of carbonyl (C=O) groups excluding carboxylic acids is 1. The van der Waals surface area contributed by atoms with Crippen LogP contribution in [-0.2, 0) is 11.2 Å². The number of nitrogens with one attached hydrogen (secondary N) is 1. The molecule has 1 amide bonds. The molecule has 0 fully saturated rings. The minimum absolute atomic E-state index is 0.157. The highest BCUT2D eigenvalue weighted by molar-refractivity contribution is 5.94. The Hall–Kier alpha value is -2.29. The van der Waals surface area contributed by atoms with Crippen molar-refractivity contribution in [3.63, 3.8) is 0 Å². The van der Waals surface area contributed by atoms with Crippen molar-refractivity contribution in [3.8, 4) is 5.75 Å². The Morgan fingerprint density at radius 3 is 2.35 bits per heavy atom. The third-order valence-corrected chi connectivity index (χ3v) is 3.06. The number of ether oxygens (including phenoxy) is 1. The van der Waals surface area contributed by atoms with E-state index < -0.39 is 6.10 Å². The van der Waals surface area contributed by atoms with Gasteiger partial charge in [-0.15, -0.1) is 0 Å². The van der Waals surface area contributed by atoms with E-state index in [4.69, 9.17) is 4.74 Å². The maximum absolute atomic E-state index is 12.0. The van der Waals surface area contributed by atoms with Crippen LogP contribution in [0, 0.1) is 0 Å². The number of rotatable bonds is 5. The Morgan fingerprint density at radius 2 is 1.75 bits per heavy atom. The number of amides is 1. The predicted molar refractivity (Wildman–Crippen MR) is 81.0 cm³/mol. The van der Waals surface area contributed by atoms with Crippen molar-refractivity contribution in [2.75, 3.05) is 5.32 Å². The zero-order valence-corrected chi connectivity index (χ0v) is 11.8. The number of benzene rings is 2. The Labute approximate surface area is 119 Å². The SMILES string of the molecule is CCc1ccc(O[C@H](C)C(=O)Nc2ccccc2)cc1. The zero-order chi connectivity index (χ0) is 14.4. The van der Waals surface area contributed by atoms with E-state index >= 15 is 0 Å². The summed E-state index contributed by atoms with van der Waals surface area (Å²) in [5.41, 5.74) is 2.02. The van der Waals surface area contributed by atoms with E-state index in [1.54, 1.807) is 6.92 Å². The number of para-hydroxylation sites is 1. The molecule has 0 saturated carbocycles. The van der Waals surface area contributed by atoms with Gasteiger partial charge in [-0.05, 0) is 43.2 Å². The van der Waals surface area contributed by atoms with Crippen LogP contribution in [-0.4, -0.2) is 12.0 Å². The number of carbonyl (C=O) groups is 1. The van der Waals surface area contributed by atoms with Crippen LogP contribution in [0.5, 0.6) is 5.75 Å². The molecule has 2 aromatic rings. The minimum Gasteiger partial charge on any atom is -0.481 e. The molecule has 2 rings (SSSR count). The van der Waals surface area contributed by atoms with Crippen LogP contribution in [0.3, 0.4) is 0 Å². The summed E-state index contributed by atoms with van der Waals surface area (Å²) in [6.07, 6.45) is 0.451. The molecule has 0 unspecified atom stereocenters. The van der Waals surface area contributed by atoms with Crippen LogP contribution < -0.4 is 10.1 Å². The van der Waals surface area contributed by atoms with Gasteiger partial charge in [0, 0.05) is 5.69 Å². The summed E-state index contributed by atoms with van der Waals surface area (Å²) >= 11 is 0. The summed E-state index contributed by atoms with van der Waals surface area (Å²) in [6.45, 7) is 3.85. The molecule has 0 aliphatic rings. The normalized spacial score (nSPS) is 11.7. The highest BCUT2D eigenvalue weighted by Gasteiger charge is 2.14. The van der Waals surface area contributed by atoms with E-state index in [1.807, 2.05) is 54.6 Å². The molecule has 0 saturated heterocycles. The Balaban J connectivity index is 1.93. The number of anilines is 1. The molecule has 104 valence electrons. The fraction of sp³-hybridized carbons (Fsp3) is 0.235. The number of hydrogen-bond acceptors (Lipinski definition) is 2. The first-order valence-electron chi connectivity index (χ1n) is 6.80. The van der Waals surface area contributed by atoms with Crippen LogP contribution in [0.25, 0.3) is 0 Å². The lowest BCUT2D eigenvalue weighted by Crippen LogP contribution is -2.30. The van der Waals surface area contributed by atoms with Gasteiger partial charge in [-0.1, -0.05) is 37.3 Å². The van der Waals surface area contributed by atoms with E-state index in [0.717, 1.165) is 12.1 Å². The lowest BCUT2D eigenvalue weighted by atomic mass is 10.2. The first-order chi connectivity index (χ1) is 9.69. The number of hydrogen-bond donors (Lipinski definition) is 1. The molecule has 0 bridgehead atoms. The molecular formula is C17H19NO2. The monoisotopic (exact) mass is 269 g/mol. The van der Waals surface area contributed by atoms with Gasteiger partial charge in [0.05, 0.1) is 0 Å². The molecule has 0 aliphatic heterocycles. The van der Waals surface area contributed by atoms with Gasteiger partial charge in [-0.3, -0.25) is 4.79 Å². The smallest absolute Gasteiger partial charge is 0.265 e. The van der Waals surface area contributed by atoms with Crippen LogP contribution in [0.4, 0.5) is 5.69 Å². The molecule has 0 aliphatic carbocycles. The van der Waals surface area contributed by atoms with Crippen LogP contribution in [0.1, 0.15) is 19.4 Å². The second-order valence-corrected chi connectivity index (χ2v) is 4.61. The lowest BCUT2D eigenvalue weighted by Gasteiger charge is -2.15. The third-order valence-electron chi connectivity index (χ3n) is 3.06. The van der Waals surface area contributed by atoms with Gasteiger partial charge >= 0.3 is 0 Å². The zero-order valence-electron chi connectivity index (χ0n) is 11.8. The molecule has 3 heteroatoms. The van der Waals surface area contributed by atoms with E-state index in [-0.39, 0.29) is 5.91 Å². The van der Waals surface area contributed by atoms with Crippen molar-refractivity contribution in [3.05, 3.63) is 60.2 Å². The predicted octanol–water partition coefficient (Wildman–Crippen LogP) is 3.66. The van der Waals surface area contributed by atoms with Gasteiger partial charge in [0.2, 0.25) is 0 Å². The average molecular weight is 269 g/mol. The quantitative estimate of drug-likeness (QED) is 0.899. The minimum atomic E-state index is -0.539. The van der Waals surface area contributed by atoms with E-state index in [2.05, 4.69) is 12.2 Å². The van der Waals surface area contributed by atoms with Crippen molar-refractivity contribution >= 4 is 11.6 Å². The Morgan fingerprint density at radius 1 is 1.10 bits per heavy atom. The summed E-state index contributed by atoms with van der Waals surface area (Å²) in [7, 11) is 0. The summed E-state index contributed by atoms with van der Waals surface area (Å²) < 4.78 is 5.64. The summed E-state index contributed by atoms with van der Waals surface area (Å²) in [5.74, 6) is 0.550. The average Bonchev–Trinajstić information content (AvgIpc) is 2.49. The van der Waals surface area contributed by atoms with Gasteiger partial charge in [0.1, 0.15) is 5.75 Å². The van der Waals surface area contributed by atoms with Gasteiger partial charge < -0.3 is 10.1 Å². The first-order valence-corrected chi connectivity index (χ1v) is 6.80. The van der Waals surface area contributed by atoms with E-state index in [0.29, 0.717) is 5.75 Å². The van der Waals surface area contributed by atoms with Gasteiger partial charge in [-0.2, -0.15) is 0 Å². The van der Waals surface area contributed by atoms with Crippen molar-refractivity contribution in [2.24, 2.45) is 0 Å². The largest absolute Gasteiger partial charge is 0.481 e. The molecule has 0 aromatic heterocycles. The number of aryl methyl sites for hydroxylation is 1. The van der Waals surface area contributed by atoms with E-state index in [9.17, 15) is 4.79 Å². The third kappa shape index (κ3) is 3.85. The molecule has 2 aromatic carbocycles. The standard InChI is InChI=1S/C17H19NO2/c1-3-14-9-11-16(12-10-14)20-13(2)17(19)18-15-7-5-4-6-8-15/h4-13H,3H2,1-2H3,(H,18,19)/t13-/m1/s1. The maximum Gasteiger partial charge on any atom is 0.265 e. The van der Waals surface area contributed by atoms with Gasteiger partial charge in [-0.25, -0.2) is 0 Å². The van der Waals surface area contributed by atoms with Gasteiger partial charge in [0.25, 0.3) is 5.91 Å². The second-order valence-electron chi connectivity index (χ2n) is 4.61. The summed E-state index contributed by atoms with van der Waals surface area (Å²) in [4.78, 5) is 12.0. The van der Waals surface area contributed by atoms with Crippen LogP contribution >= 0.6 is 0 Å². The molecule has 3 nitrogen and oxygen atoms in total. The molecule has 1 atom stereocenters. The fourth-order valence-electron chi connectivity index (χ4n) is 1.83. The van der Waals surface area contributed by atoms with Crippen LogP contribution in [0.15, 0.2) is 54.6 Å². The molecule has 0 spiro atoms. The summed E-state index contributed by atoms with van der Waals surface area (Å²) in [6, 6.07) is 17.2. The Kier molecular flexibility index (Phi) is 4.77. The Bertz CT molecular complexity index is 549. The van der Waals surface area contributed by atoms with Crippen molar-refractivity contribution in [1.29, 1.82) is 0 Å². The molecular weight excluding hydrogens is 250 g/mol. The molecule has 20 heavy (non-hydrogen) atoms. The summed E-state index contributed by atoms with van der Waals surface area (Å²) in [5, 5.41) is 2.82. The molecule has 0 radical (unpaired) electrons. The fourth-order valence-corrected chi connectivity index (χ4v) is 1.83. The highest BCUT2D eigenvalue weighted by Crippen LogP contribution is 2.15. The molecule has 1 N–H and O–H groups in total. The van der Waals surface area contributed by atoms with E-state index in [1.165, 1.54) is 5.56 Å². The van der Waals surface area contributed by atoms with Gasteiger partial charge in [0.15, 0.2) is 6.10 Å². The van der Waals surface area contributed by atoms with Crippen molar-refractivity contribution in [1.82, 2.24) is 0 Å². The van der Waals surface area contributed by atoms with Crippen molar-refractivity contribution in [2.45, 2.75) is 26.4 Å². The first kappa shape index (κ1) is 14.1. The molecule has 0 heterocycles.